The fraction of sp³-hybridized carbons (Fsp3) is 0.667. The molecule has 1 aliphatic rings. The first kappa shape index (κ1) is 10.7. The van der Waals surface area contributed by atoms with Crippen molar-refractivity contribution in [1.82, 2.24) is 4.90 Å². The number of hydrogen-bond donors (Lipinski definition) is 0. The molecule has 0 amide bonds. The molecule has 0 aromatic heterocycles. The summed E-state index contributed by atoms with van der Waals surface area (Å²) in [7, 11) is 0. The molecule has 0 radical (unpaired) electrons. The predicted molar refractivity (Wildman–Crippen MR) is 54.7 cm³/mol. The molecule has 0 N–H and O–H groups in total. The van der Waals surface area contributed by atoms with Crippen molar-refractivity contribution < 1.29 is 9.53 Å². The molecule has 0 saturated carbocycles. The number of hydrogen-bond acceptors (Lipinski definition) is 3. The largest absolute Gasteiger partial charge is 0.463 e. The highest BCUT2D eigenvalue weighted by Crippen LogP contribution is 2.12. The van der Waals surface area contributed by atoms with Crippen LogP contribution in [0.4, 0.5) is 0 Å². The Kier molecular flexibility index (Phi) is 3.93. The van der Waals surface area contributed by atoms with Gasteiger partial charge in [0.2, 0.25) is 0 Å². The number of carbonyl (C=O) groups is 1. The Labute approximate surface area is 86.9 Å². The Balaban J connectivity index is 2.39. The van der Waals surface area contributed by atoms with Crippen LogP contribution in [0.15, 0.2) is 11.1 Å². The van der Waals surface area contributed by atoms with E-state index in [1.54, 1.807) is 0 Å². The Morgan fingerprint density at radius 1 is 1.85 bits per heavy atom. The van der Waals surface area contributed by atoms with Crippen LogP contribution in [-0.4, -0.2) is 36.6 Å². The second-order valence-corrected chi connectivity index (χ2v) is 4.27. The van der Waals surface area contributed by atoms with Crippen molar-refractivity contribution in [2.45, 2.75) is 19.4 Å². The Bertz CT molecular complexity index is 218. The SMILES string of the molecule is C=C(Br)CCN1CCOC(=O)[C@H]1C. The molecule has 1 fully saturated rings. The average molecular weight is 248 g/mol. The number of ether oxygens (including phenoxy) is 1. The lowest BCUT2D eigenvalue weighted by Crippen LogP contribution is -2.47. The van der Waals surface area contributed by atoms with E-state index in [-0.39, 0.29) is 12.0 Å². The number of carbonyl (C=O) groups excluding carboxylic acids is 1. The van der Waals surface area contributed by atoms with Gasteiger partial charge in [0.1, 0.15) is 12.6 Å². The van der Waals surface area contributed by atoms with Gasteiger partial charge in [-0.3, -0.25) is 9.69 Å². The number of morpholine rings is 1. The Hall–Kier alpha value is -0.350. The molecule has 0 aliphatic carbocycles. The fourth-order valence-electron chi connectivity index (χ4n) is 1.30. The van der Waals surface area contributed by atoms with Gasteiger partial charge in [-0.1, -0.05) is 22.5 Å². The lowest BCUT2D eigenvalue weighted by atomic mass is 10.2. The molecule has 13 heavy (non-hydrogen) atoms. The second-order valence-electron chi connectivity index (χ2n) is 3.15. The first-order chi connectivity index (χ1) is 6.11. The van der Waals surface area contributed by atoms with Crippen LogP contribution in [-0.2, 0) is 9.53 Å². The van der Waals surface area contributed by atoms with Crippen LogP contribution in [0, 0.1) is 0 Å². The Morgan fingerprint density at radius 3 is 3.15 bits per heavy atom. The highest BCUT2D eigenvalue weighted by molar-refractivity contribution is 9.11. The molecular weight excluding hydrogens is 234 g/mol. The lowest BCUT2D eigenvalue weighted by Gasteiger charge is -2.31. The van der Waals surface area contributed by atoms with E-state index >= 15 is 0 Å². The van der Waals surface area contributed by atoms with Gasteiger partial charge >= 0.3 is 5.97 Å². The van der Waals surface area contributed by atoms with Crippen molar-refractivity contribution >= 4 is 21.9 Å². The third-order valence-electron chi connectivity index (χ3n) is 2.18. The van der Waals surface area contributed by atoms with Crippen molar-refractivity contribution in [3.05, 3.63) is 11.1 Å². The second kappa shape index (κ2) is 4.77. The summed E-state index contributed by atoms with van der Waals surface area (Å²) < 4.78 is 5.88. The number of esters is 1. The van der Waals surface area contributed by atoms with Gasteiger partial charge in [0.05, 0.1) is 0 Å². The quantitative estimate of drug-likeness (QED) is 0.709. The molecule has 0 bridgehead atoms. The zero-order chi connectivity index (χ0) is 9.84. The normalized spacial score (nSPS) is 24.2. The molecular formula is C9H14BrNO2. The highest BCUT2D eigenvalue weighted by atomic mass is 79.9. The minimum Gasteiger partial charge on any atom is -0.463 e. The monoisotopic (exact) mass is 247 g/mol. The number of nitrogens with zero attached hydrogens (tertiary/aromatic N) is 1. The molecule has 1 saturated heterocycles. The van der Waals surface area contributed by atoms with Crippen LogP contribution in [0.3, 0.4) is 0 Å². The van der Waals surface area contributed by atoms with Crippen molar-refractivity contribution in [3.8, 4) is 0 Å². The van der Waals surface area contributed by atoms with Crippen LogP contribution in [0.2, 0.25) is 0 Å². The van der Waals surface area contributed by atoms with Crippen LogP contribution in [0.1, 0.15) is 13.3 Å². The molecule has 1 heterocycles. The summed E-state index contributed by atoms with van der Waals surface area (Å²) >= 11 is 3.30. The van der Waals surface area contributed by atoms with Crippen LogP contribution in [0.25, 0.3) is 0 Å². The summed E-state index contributed by atoms with van der Waals surface area (Å²) in [5.74, 6) is -0.119. The zero-order valence-electron chi connectivity index (χ0n) is 7.75. The molecule has 0 unspecified atom stereocenters. The minimum absolute atomic E-state index is 0.111. The van der Waals surface area contributed by atoms with E-state index in [1.165, 1.54) is 0 Å². The van der Waals surface area contributed by atoms with Crippen molar-refractivity contribution in [1.29, 1.82) is 0 Å². The average Bonchev–Trinajstić information content (AvgIpc) is 2.07. The van der Waals surface area contributed by atoms with E-state index in [4.69, 9.17) is 4.74 Å². The maximum absolute atomic E-state index is 11.2. The molecule has 0 spiro atoms. The zero-order valence-corrected chi connectivity index (χ0v) is 9.34. The van der Waals surface area contributed by atoms with Crippen LogP contribution in [0.5, 0.6) is 0 Å². The van der Waals surface area contributed by atoms with E-state index in [1.807, 2.05) is 6.92 Å². The maximum Gasteiger partial charge on any atom is 0.323 e. The third kappa shape index (κ3) is 3.12. The number of halogens is 1. The van der Waals surface area contributed by atoms with E-state index in [2.05, 4.69) is 27.4 Å². The molecule has 3 nitrogen and oxygen atoms in total. The first-order valence-corrected chi connectivity index (χ1v) is 5.14. The Morgan fingerprint density at radius 2 is 2.54 bits per heavy atom. The van der Waals surface area contributed by atoms with Crippen molar-refractivity contribution in [2.75, 3.05) is 19.7 Å². The standard InChI is InChI=1S/C9H14BrNO2/c1-7(10)3-4-11-5-6-13-9(12)8(11)2/h8H,1,3-6H2,2H3/t8-/m1/s1. The topological polar surface area (TPSA) is 29.5 Å². The van der Waals surface area contributed by atoms with E-state index in [0.717, 1.165) is 24.0 Å². The van der Waals surface area contributed by atoms with Crippen molar-refractivity contribution in [3.63, 3.8) is 0 Å². The first-order valence-electron chi connectivity index (χ1n) is 4.35. The minimum atomic E-state index is -0.119. The van der Waals surface area contributed by atoms with E-state index in [9.17, 15) is 4.79 Å². The fourth-order valence-corrected chi connectivity index (χ4v) is 1.47. The molecule has 4 heteroatoms. The van der Waals surface area contributed by atoms with Gasteiger partial charge in [-0.05, 0) is 17.8 Å². The smallest absolute Gasteiger partial charge is 0.323 e. The van der Waals surface area contributed by atoms with E-state index in [0.29, 0.717) is 6.61 Å². The summed E-state index contributed by atoms with van der Waals surface area (Å²) in [5.41, 5.74) is 0. The van der Waals surface area contributed by atoms with Gasteiger partial charge < -0.3 is 4.74 Å². The molecule has 1 atom stereocenters. The summed E-state index contributed by atoms with van der Waals surface area (Å²) in [6.45, 7) is 7.83. The van der Waals surface area contributed by atoms with Crippen molar-refractivity contribution in [2.24, 2.45) is 0 Å². The van der Waals surface area contributed by atoms with Crippen LogP contribution < -0.4 is 0 Å². The molecule has 0 aromatic rings. The van der Waals surface area contributed by atoms with Gasteiger partial charge in [0, 0.05) is 13.1 Å². The molecule has 1 rings (SSSR count). The lowest BCUT2D eigenvalue weighted by molar-refractivity contribution is -0.156. The predicted octanol–water partition coefficient (Wildman–Crippen LogP) is 1.53. The van der Waals surface area contributed by atoms with Gasteiger partial charge in [-0.15, -0.1) is 0 Å². The summed E-state index contributed by atoms with van der Waals surface area (Å²) in [5, 5.41) is 0. The number of rotatable bonds is 3. The molecule has 0 aromatic carbocycles. The van der Waals surface area contributed by atoms with Crippen LogP contribution >= 0.6 is 15.9 Å². The summed E-state index contributed by atoms with van der Waals surface area (Å²) in [6.07, 6.45) is 0.873. The summed E-state index contributed by atoms with van der Waals surface area (Å²) in [4.78, 5) is 13.3. The van der Waals surface area contributed by atoms with E-state index < -0.39 is 0 Å². The third-order valence-corrected chi connectivity index (χ3v) is 2.58. The van der Waals surface area contributed by atoms with Gasteiger partial charge in [0.25, 0.3) is 0 Å². The maximum atomic E-state index is 11.2. The molecule has 74 valence electrons. The summed E-state index contributed by atoms with van der Waals surface area (Å²) in [6, 6.07) is -0.111. The molecule has 1 aliphatic heterocycles. The number of cyclic esters (lactones) is 1. The highest BCUT2D eigenvalue weighted by Gasteiger charge is 2.26. The van der Waals surface area contributed by atoms with Gasteiger partial charge in [-0.25, -0.2) is 0 Å². The van der Waals surface area contributed by atoms with Gasteiger partial charge in [-0.2, -0.15) is 0 Å². The van der Waals surface area contributed by atoms with Gasteiger partial charge in [0.15, 0.2) is 0 Å².